The zero-order valence-electron chi connectivity index (χ0n) is 13.7. The number of ketones is 1. The highest BCUT2D eigenvalue weighted by Crippen LogP contribution is 2.21. The van der Waals surface area contributed by atoms with Crippen molar-refractivity contribution in [3.05, 3.63) is 23.0 Å². The third kappa shape index (κ3) is 3.48. The summed E-state index contributed by atoms with van der Waals surface area (Å²) in [5.74, 6) is 0.429. The van der Waals surface area contributed by atoms with Gasteiger partial charge in [0.1, 0.15) is 0 Å². The number of hydrogen-bond donors (Lipinski definition) is 0. The minimum Gasteiger partial charge on any atom is -0.376 e. The molecule has 0 aromatic carbocycles. The Balaban J connectivity index is 1.63. The Bertz CT molecular complexity index is 703. The van der Waals surface area contributed by atoms with Crippen molar-refractivity contribution in [3.8, 4) is 0 Å². The van der Waals surface area contributed by atoms with Gasteiger partial charge in [-0.05, 0) is 43.2 Å². The summed E-state index contributed by atoms with van der Waals surface area (Å²) < 4.78 is 9.37. The highest BCUT2D eigenvalue weighted by Gasteiger charge is 2.20. The first kappa shape index (κ1) is 16.2. The molecule has 0 bridgehead atoms. The lowest BCUT2D eigenvalue weighted by atomic mass is 10.2. The normalized spacial score (nSPS) is 17.8. The van der Waals surface area contributed by atoms with Crippen LogP contribution in [0.25, 0.3) is 0 Å². The Morgan fingerprint density at radius 2 is 2.30 bits per heavy atom. The Kier molecular flexibility index (Phi) is 4.82. The van der Waals surface area contributed by atoms with E-state index in [0.717, 1.165) is 36.4 Å². The highest BCUT2D eigenvalue weighted by atomic mass is 32.2. The molecule has 8 heteroatoms. The van der Waals surface area contributed by atoms with Crippen LogP contribution in [0.1, 0.15) is 34.6 Å². The summed E-state index contributed by atoms with van der Waals surface area (Å²) in [4.78, 5) is 12.4. The van der Waals surface area contributed by atoms with Crippen molar-refractivity contribution in [2.75, 3.05) is 12.4 Å². The number of nitrogens with zero attached hydrogens (tertiary/aromatic N) is 5. The maximum Gasteiger partial charge on any atom is 0.209 e. The zero-order valence-corrected chi connectivity index (χ0v) is 14.5. The molecule has 1 aliphatic heterocycles. The van der Waals surface area contributed by atoms with Crippen molar-refractivity contribution in [3.63, 3.8) is 0 Å². The molecule has 0 radical (unpaired) electrons. The Morgan fingerprint density at radius 3 is 2.96 bits per heavy atom. The summed E-state index contributed by atoms with van der Waals surface area (Å²) >= 11 is 1.38. The van der Waals surface area contributed by atoms with E-state index in [1.54, 1.807) is 4.68 Å². The first-order valence-corrected chi connectivity index (χ1v) is 8.71. The molecule has 1 aliphatic rings. The molecule has 0 N–H and O–H groups in total. The monoisotopic (exact) mass is 335 g/mol. The van der Waals surface area contributed by atoms with Gasteiger partial charge in [0.25, 0.3) is 0 Å². The van der Waals surface area contributed by atoms with Crippen molar-refractivity contribution in [1.29, 1.82) is 0 Å². The molecule has 3 heterocycles. The Morgan fingerprint density at radius 1 is 1.48 bits per heavy atom. The second-order valence-electron chi connectivity index (χ2n) is 5.83. The molecule has 7 nitrogen and oxygen atoms in total. The zero-order chi connectivity index (χ0) is 16.4. The third-order valence-electron chi connectivity index (χ3n) is 4.31. The number of ether oxygens (including phenoxy) is 1. The van der Waals surface area contributed by atoms with Crippen LogP contribution in [0, 0.1) is 13.8 Å². The molecule has 0 amide bonds. The van der Waals surface area contributed by atoms with Crippen LogP contribution in [0.4, 0.5) is 0 Å². The fourth-order valence-corrected chi connectivity index (χ4v) is 3.51. The average molecular weight is 335 g/mol. The van der Waals surface area contributed by atoms with Gasteiger partial charge in [0, 0.05) is 30.6 Å². The molecule has 1 unspecified atom stereocenters. The molecule has 1 saturated heterocycles. The fraction of sp³-hybridized carbons (Fsp3) is 0.600. The van der Waals surface area contributed by atoms with E-state index in [2.05, 4.69) is 15.5 Å². The van der Waals surface area contributed by atoms with Gasteiger partial charge in [0.15, 0.2) is 5.78 Å². The molecule has 1 fully saturated rings. The Labute approximate surface area is 139 Å². The van der Waals surface area contributed by atoms with Crippen LogP contribution >= 0.6 is 11.8 Å². The third-order valence-corrected chi connectivity index (χ3v) is 5.26. The predicted octanol–water partition coefficient (Wildman–Crippen LogP) is 1.78. The van der Waals surface area contributed by atoms with E-state index >= 15 is 0 Å². The summed E-state index contributed by atoms with van der Waals surface area (Å²) in [6.45, 7) is 5.42. The topological polar surface area (TPSA) is 74.8 Å². The molecule has 1 atom stereocenters. The average Bonchev–Trinajstić information content (AvgIpc) is 3.25. The van der Waals surface area contributed by atoms with Crippen molar-refractivity contribution in [2.24, 2.45) is 7.05 Å². The van der Waals surface area contributed by atoms with Crippen molar-refractivity contribution in [1.82, 2.24) is 24.8 Å². The van der Waals surface area contributed by atoms with Gasteiger partial charge in [-0.2, -0.15) is 0 Å². The van der Waals surface area contributed by atoms with Crippen LogP contribution in [0.5, 0.6) is 0 Å². The van der Waals surface area contributed by atoms with Crippen LogP contribution in [-0.2, 0) is 18.3 Å². The number of thioether (sulfide) groups is 1. The standard InChI is InChI=1S/C15H21N5O2S/c1-10-7-13(11(2)19(10)3)14(21)9-23-15-16-17-18-20(15)8-12-5-4-6-22-12/h7,12H,4-6,8-9H2,1-3H3. The fourth-order valence-electron chi connectivity index (χ4n) is 2.74. The van der Waals surface area contributed by atoms with Crippen LogP contribution in [0.15, 0.2) is 11.2 Å². The first-order chi connectivity index (χ1) is 11.1. The van der Waals surface area contributed by atoms with E-state index in [0.29, 0.717) is 17.5 Å². The van der Waals surface area contributed by atoms with Gasteiger partial charge in [0.2, 0.25) is 5.16 Å². The summed E-state index contributed by atoms with van der Waals surface area (Å²) in [6.07, 6.45) is 2.29. The van der Waals surface area contributed by atoms with E-state index in [4.69, 9.17) is 4.74 Å². The van der Waals surface area contributed by atoms with E-state index in [-0.39, 0.29) is 11.9 Å². The minimum atomic E-state index is 0.0999. The molecule has 0 spiro atoms. The van der Waals surface area contributed by atoms with Gasteiger partial charge < -0.3 is 9.30 Å². The maximum absolute atomic E-state index is 12.4. The van der Waals surface area contributed by atoms with Crippen molar-refractivity contribution < 1.29 is 9.53 Å². The molecule has 2 aromatic rings. The van der Waals surface area contributed by atoms with Crippen LogP contribution < -0.4 is 0 Å². The number of aromatic nitrogens is 5. The summed E-state index contributed by atoms with van der Waals surface area (Å²) in [5.41, 5.74) is 2.85. The molecular formula is C15H21N5O2S. The van der Waals surface area contributed by atoms with Gasteiger partial charge >= 0.3 is 0 Å². The van der Waals surface area contributed by atoms with E-state index in [1.807, 2.05) is 31.5 Å². The predicted molar refractivity (Wildman–Crippen MR) is 86.7 cm³/mol. The molecule has 23 heavy (non-hydrogen) atoms. The first-order valence-electron chi connectivity index (χ1n) is 7.73. The van der Waals surface area contributed by atoms with Crippen molar-refractivity contribution >= 4 is 17.5 Å². The number of rotatable bonds is 6. The number of tetrazole rings is 1. The van der Waals surface area contributed by atoms with Gasteiger partial charge in [-0.15, -0.1) is 5.10 Å². The van der Waals surface area contributed by atoms with Gasteiger partial charge in [0.05, 0.1) is 18.4 Å². The second kappa shape index (κ2) is 6.84. The van der Waals surface area contributed by atoms with Gasteiger partial charge in [-0.25, -0.2) is 4.68 Å². The van der Waals surface area contributed by atoms with Crippen LogP contribution in [0.2, 0.25) is 0 Å². The number of carbonyl (C=O) groups excluding carboxylic acids is 1. The summed E-state index contributed by atoms with van der Waals surface area (Å²) in [7, 11) is 1.97. The lowest BCUT2D eigenvalue weighted by molar-refractivity contribution is 0.0912. The number of Topliss-reactive ketones (excluding diaryl/α,β-unsaturated/α-hetero) is 1. The largest absolute Gasteiger partial charge is 0.376 e. The number of carbonyl (C=O) groups is 1. The SMILES string of the molecule is Cc1cc(C(=O)CSc2nnnn2CC2CCCO2)c(C)n1C. The number of aryl methyl sites for hydroxylation is 1. The molecule has 124 valence electrons. The lowest BCUT2D eigenvalue weighted by Gasteiger charge is -2.09. The van der Waals surface area contributed by atoms with E-state index < -0.39 is 0 Å². The summed E-state index contributed by atoms with van der Waals surface area (Å²) in [5, 5.41) is 12.4. The van der Waals surface area contributed by atoms with E-state index in [9.17, 15) is 4.79 Å². The van der Waals surface area contributed by atoms with Crippen LogP contribution in [0.3, 0.4) is 0 Å². The summed E-state index contributed by atoms with van der Waals surface area (Å²) in [6, 6.07) is 1.94. The van der Waals surface area contributed by atoms with E-state index in [1.165, 1.54) is 11.8 Å². The lowest BCUT2D eigenvalue weighted by Crippen LogP contribution is -2.17. The van der Waals surface area contributed by atoms with Crippen molar-refractivity contribution in [2.45, 2.75) is 44.5 Å². The smallest absolute Gasteiger partial charge is 0.209 e. The van der Waals surface area contributed by atoms with Crippen LogP contribution in [-0.4, -0.2) is 49.0 Å². The quantitative estimate of drug-likeness (QED) is 0.592. The minimum absolute atomic E-state index is 0.0999. The molecule has 0 aliphatic carbocycles. The molecule has 3 rings (SSSR count). The molecular weight excluding hydrogens is 314 g/mol. The highest BCUT2D eigenvalue weighted by molar-refractivity contribution is 7.99. The molecule has 2 aromatic heterocycles. The van der Waals surface area contributed by atoms with Gasteiger partial charge in [-0.1, -0.05) is 11.8 Å². The van der Waals surface area contributed by atoms with Gasteiger partial charge in [-0.3, -0.25) is 4.79 Å². The Hall–Kier alpha value is -1.67. The second-order valence-corrected chi connectivity index (χ2v) is 6.78. The maximum atomic E-state index is 12.4. The number of hydrogen-bond acceptors (Lipinski definition) is 6. The molecule has 0 saturated carbocycles.